The summed E-state index contributed by atoms with van der Waals surface area (Å²) < 4.78 is 0. The Morgan fingerprint density at radius 1 is 1.09 bits per heavy atom. The van der Waals surface area contributed by atoms with Crippen molar-refractivity contribution in [3.63, 3.8) is 0 Å². The zero-order valence-corrected chi connectivity index (χ0v) is 13.4. The van der Waals surface area contributed by atoms with Crippen molar-refractivity contribution in [3.8, 4) is 0 Å². The molecule has 22 heavy (non-hydrogen) atoms. The van der Waals surface area contributed by atoms with Crippen LogP contribution in [0.25, 0.3) is 0 Å². The first kappa shape index (κ1) is 14.3. The molecule has 0 bridgehead atoms. The third-order valence-electron chi connectivity index (χ3n) is 7.55. The highest BCUT2D eigenvalue weighted by Gasteiger charge is 2.61. The lowest BCUT2D eigenvalue weighted by Gasteiger charge is -2.58. The van der Waals surface area contributed by atoms with Crippen LogP contribution in [0.2, 0.25) is 0 Å². The monoisotopic (exact) mass is 300 g/mol. The van der Waals surface area contributed by atoms with Gasteiger partial charge in [0.25, 0.3) is 0 Å². The summed E-state index contributed by atoms with van der Waals surface area (Å²) in [6, 6.07) is 0. The fraction of sp³-hybridized carbons (Fsp3) is 0.737. The number of ketones is 3. The van der Waals surface area contributed by atoms with Crippen molar-refractivity contribution in [1.82, 2.24) is 0 Å². The minimum absolute atomic E-state index is 0.0330. The number of carbonyl (C=O) groups excluding carboxylic acids is 3. The van der Waals surface area contributed by atoms with Crippen LogP contribution in [0, 0.1) is 34.5 Å². The molecule has 3 saturated carbocycles. The molecule has 3 fully saturated rings. The Kier molecular flexibility index (Phi) is 2.87. The Morgan fingerprint density at radius 3 is 2.64 bits per heavy atom. The number of allylic oxidation sites excluding steroid dienone is 2. The van der Waals surface area contributed by atoms with Crippen molar-refractivity contribution in [2.45, 2.75) is 52.4 Å². The standard InChI is InChI=1S/C19H24O3/c1-18-7-5-11(20)9-15(18)16(21)10-12-13-3-4-17(22)19(13,2)8-6-14(12)18/h3-4,12-15H,5-10H2,1-2H3/t12-,13-,14-,15?,18+,19-/m0/s1. The van der Waals surface area contributed by atoms with Gasteiger partial charge in [-0.3, -0.25) is 14.4 Å². The van der Waals surface area contributed by atoms with Gasteiger partial charge < -0.3 is 0 Å². The Hall–Kier alpha value is -1.25. The molecule has 0 aromatic heterocycles. The normalized spacial score (nSPS) is 50.5. The minimum Gasteiger partial charge on any atom is -0.300 e. The Morgan fingerprint density at radius 2 is 1.86 bits per heavy atom. The van der Waals surface area contributed by atoms with E-state index in [-0.39, 0.29) is 40.0 Å². The van der Waals surface area contributed by atoms with Gasteiger partial charge in [-0.15, -0.1) is 0 Å². The average Bonchev–Trinajstić information content (AvgIpc) is 2.77. The lowest BCUT2D eigenvalue weighted by atomic mass is 9.45. The van der Waals surface area contributed by atoms with Gasteiger partial charge in [-0.05, 0) is 48.5 Å². The van der Waals surface area contributed by atoms with Gasteiger partial charge in [0.15, 0.2) is 5.78 Å². The lowest BCUT2D eigenvalue weighted by molar-refractivity contribution is -0.157. The van der Waals surface area contributed by atoms with E-state index in [1.165, 1.54) is 0 Å². The summed E-state index contributed by atoms with van der Waals surface area (Å²) in [5, 5.41) is 0. The molecule has 0 amide bonds. The second-order valence-corrected chi connectivity index (χ2v) is 8.45. The first-order valence-electron chi connectivity index (χ1n) is 8.63. The highest BCUT2D eigenvalue weighted by atomic mass is 16.1. The molecule has 3 heteroatoms. The Bertz CT molecular complexity index is 604. The van der Waals surface area contributed by atoms with Gasteiger partial charge >= 0.3 is 0 Å². The van der Waals surface area contributed by atoms with Crippen molar-refractivity contribution in [3.05, 3.63) is 12.2 Å². The van der Waals surface area contributed by atoms with Crippen molar-refractivity contribution in [1.29, 1.82) is 0 Å². The highest BCUT2D eigenvalue weighted by Crippen LogP contribution is 2.63. The number of rotatable bonds is 0. The average molecular weight is 300 g/mol. The molecule has 0 aromatic carbocycles. The summed E-state index contributed by atoms with van der Waals surface area (Å²) in [5.41, 5.74) is -0.316. The quantitative estimate of drug-likeness (QED) is 0.690. The molecular formula is C19H24O3. The summed E-state index contributed by atoms with van der Waals surface area (Å²) in [6.45, 7) is 4.32. The first-order chi connectivity index (χ1) is 10.4. The van der Waals surface area contributed by atoms with E-state index >= 15 is 0 Å². The molecule has 118 valence electrons. The van der Waals surface area contributed by atoms with Gasteiger partial charge in [0, 0.05) is 30.6 Å². The smallest absolute Gasteiger partial charge is 0.161 e. The van der Waals surface area contributed by atoms with Crippen LogP contribution in [-0.2, 0) is 14.4 Å². The molecule has 0 aromatic rings. The van der Waals surface area contributed by atoms with E-state index in [9.17, 15) is 14.4 Å². The van der Waals surface area contributed by atoms with Gasteiger partial charge in [0.2, 0.25) is 0 Å². The lowest BCUT2D eigenvalue weighted by Crippen LogP contribution is -2.56. The van der Waals surface area contributed by atoms with Crippen LogP contribution in [0.15, 0.2) is 12.2 Å². The minimum atomic E-state index is -0.283. The van der Waals surface area contributed by atoms with Crippen molar-refractivity contribution >= 4 is 17.3 Å². The van der Waals surface area contributed by atoms with Crippen molar-refractivity contribution in [2.75, 3.05) is 0 Å². The summed E-state index contributed by atoms with van der Waals surface area (Å²) in [6.07, 6.45) is 8.27. The zero-order chi connectivity index (χ0) is 15.7. The number of fused-ring (bicyclic) bond motifs is 5. The van der Waals surface area contributed by atoms with Crippen LogP contribution >= 0.6 is 0 Å². The van der Waals surface area contributed by atoms with E-state index in [1.807, 2.05) is 0 Å². The van der Waals surface area contributed by atoms with Crippen molar-refractivity contribution < 1.29 is 14.4 Å². The fourth-order valence-corrected chi connectivity index (χ4v) is 6.12. The molecule has 1 unspecified atom stereocenters. The Labute approximate surface area is 131 Å². The van der Waals surface area contributed by atoms with Crippen LogP contribution in [-0.4, -0.2) is 17.3 Å². The van der Waals surface area contributed by atoms with E-state index in [2.05, 4.69) is 19.9 Å². The van der Waals surface area contributed by atoms with Gasteiger partial charge in [0.05, 0.1) is 0 Å². The van der Waals surface area contributed by atoms with E-state index in [0.717, 1.165) is 19.3 Å². The molecule has 0 saturated heterocycles. The molecule has 0 aliphatic heterocycles. The molecular weight excluding hydrogens is 276 g/mol. The fourth-order valence-electron chi connectivity index (χ4n) is 6.12. The van der Waals surface area contributed by atoms with Crippen molar-refractivity contribution in [2.24, 2.45) is 34.5 Å². The summed E-state index contributed by atoms with van der Waals surface area (Å²) in [4.78, 5) is 36.9. The molecule has 4 aliphatic rings. The van der Waals surface area contributed by atoms with Gasteiger partial charge in [-0.2, -0.15) is 0 Å². The molecule has 3 nitrogen and oxygen atoms in total. The van der Waals surface area contributed by atoms with Crippen LogP contribution in [0.5, 0.6) is 0 Å². The molecule has 0 heterocycles. The molecule has 0 spiro atoms. The topological polar surface area (TPSA) is 51.2 Å². The van der Waals surface area contributed by atoms with Gasteiger partial charge in [-0.25, -0.2) is 0 Å². The maximum Gasteiger partial charge on any atom is 0.161 e. The second kappa shape index (κ2) is 4.39. The van der Waals surface area contributed by atoms with Crippen LogP contribution in [0.3, 0.4) is 0 Å². The predicted octanol–water partition coefficient (Wildman–Crippen LogP) is 3.12. The van der Waals surface area contributed by atoms with Gasteiger partial charge in [0.1, 0.15) is 11.6 Å². The highest BCUT2D eigenvalue weighted by molar-refractivity contribution is 5.98. The zero-order valence-electron chi connectivity index (χ0n) is 13.4. The van der Waals surface area contributed by atoms with Crippen LogP contribution in [0.4, 0.5) is 0 Å². The molecule has 0 N–H and O–H groups in total. The van der Waals surface area contributed by atoms with Crippen LogP contribution < -0.4 is 0 Å². The second-order valence-electron chi connectivity index (χ2n) is 8.45. The third kappa shape index (κ3) is 1.65. The largest absolute Gasteiger partial charge is 0.300 e. The van der Waals surface area contributed by atoms with E-state index in [4.69, 9.17) is 0 Å². The number of Topliss-reactive ketones (excluding diaryl/α,β-unsaturated/α-hetero) is 2. The van der Waals surface area contributed by atoms with E-state index in [1.54, 1.807) is 6.08 Å². The van der Waals surface area contributed by atoms with Gasteiger partial charge in [-0.1, -0.05) is 19.9 Å². The molecule has 0 radical (unpaired) electrons. The molecule has 4 rings (SSSR count). The first-order valence-corrected chi connectivity index (χ1v) is 8.63. The SMILES string of the molecule is C[C@]12CCC(=O)CC1C(=O)C[C@@H]1[C@@H]2CC[C@]2(C)C(=O)C=C[C@@H]12. The Balaban J connectivity index is 1.72. The molecule has 4 aliphatic carbocycles. The summed E-state index contributed by atoms with van der Waals surface area (Å²) in [5.74, 6) is 1.70. The number of carbonyl (C=O) groups is 3. The van der Waals surface area contributed by atoms with Crippen LogP contribution in [0.1, 0.15) is 52.4 Å². The number of hydrogen-bond donors (Lipinski definition) is 0. The maximum absolute atomic E-state index is 12.7. The maximum atomic E-state index is 12.7. The predicted molar refractivity (Wildman–Crippen MR) is 82.0 cm³/mol. The van der Waals surface area contributed by atoms with E-state index < -0.39 is 0 Å². The molecule has 6 atom stereocenters. The summed E-state index contributed by atoms with van der Waals surface area (Å²) >= 11 is 0. The number of hydrogen-bond acceptors (Lipinski definition) is 3. The van der Waals surface area contributed by atoms with E-state index in [0.29, 0.717) is 31.1 Å². The summed E-state index contributed by atoms with van der Waals surface area (Å²) in [7, 11) is 0. The third-order valence-corrected chi connectivity index (χ3v) is 7.55.